The Morgan fingerprint density at radius 3 is 2.28 bits per heavy atom. The van der Waals surface area contributed by atoms with Crippen molar-refractivity contribution in [2.75, 3.05) is 20.2 Å². The lowest BCUT2D eigenvalue weighted by Gasteiger charge is -2.24. The molecule has 0 radical (unpaired) electrons. The zero-order chi connectivity index (χ0) is 14.3. The molecule has 1 unspecified atom stereocenters. The maximum absolute atomic E-state index is 11.9. The van der Waals surface area contributed by atoms with Crippen molar-refractivity contribution >= 4 is 11.9 Å². The van der Waals surface area contributed by atoms with Crippen LogP contribution in [0.25, 0.3) is 0 Å². The van der Waals surface area contributed by atoms with Crippen molar-refractivity contribution in [3.05, 3.63) is 0 Å². The molecule has 0 aliphatic rings. The zero-order valence-corrected chi connectivity index (χ0v) is 12.6. The summed E-state index contributed by atoms with van der Waals surface area (Å²) >= 11 is 0. The van der Waals surface area contributed by atoms with Crippen LogP contribution in [-0.4, -0.2) is 37.0 Å². The third-order valence-electron chi connectivity index (χ3n) is 2.58. The van der Waals surface area contributed by atoms with Crippen LogP contribution < -0.4 is 0 Å². The van der Waals surface area contributed by atoms with E-state index in [9.17, 15) is 9.59 Å². The van der Waals surface area contributed by atoms with Gasteiger partial charge in [0.25, 0.3) is 0 Å². The van der Waals surface area contributed by atoms with Crippen LogP contribution in [0, 0.1) is 11.3 Å². The number of hydrogen-bond acceptors (Lipinski definition) is 3. The van der Waals surface area contributed by atoms with Crippen LogP contribution in [-0.2, 0) is 14.3 Å². The summed E-state index contributed by atoms with van der Waals surface area (Å²) in [6, 6.07) is 0. The van der Waals surface area contributed by atoms with Crippen LogP contribution in [0.5, 0.6) is 0 Å². The average Bonchev–Trinajstić information content (AvgIpc) is 2.14. The van der Waals surface area contributed by atoms with Gasteiger partial charge < -0.3 is 9.64 Å². The van der Waals surface area contributed by atoms with E-state index in [1.165, 1.54) is 4.90 Å². The van der Waals surface area contributed by atoms with Crippen LogP contribution in [0.15, 0.2) is 0 Å². The van der Waals surface area contributed by atoms with Crippen LogP contribution in [0.1, 0.15) is 47.5 Å². The van der Waals surface area contributed by atoms with Gasteiger partial charge in [-0.15, -0.1) is 0 Å². The molecule has 106 valence electrons. The molecule has 4 heteroatoms. The number of rotatable bonds is 6. The Kier molecular flexibility index (Phi) is 6.96. The molecule has 0 saturated heterocycles. The highest BCUT2D eigenvalue weighted by molar-refractivity contribution is 5.81. The summed E-state index contributed by atoms with van der Waals surface area (Å²) in [6.07, 6.45) is 1.47. The van der Waals surface area contributed by atoms with Gasteiger partial charge >= 0.3 is 5.97 Å². The average molecular weight is 257 g/mol. The second-order valence-electron chi connectivity index (χ2n) is 6.13. The molecule has 0 heterocycles. The maximum Gasteiger partial charge on any atom is 0.325 e. The number of esters is 1. The number of carbonyl (C=O) groups is 2. The van der Waals surface area contributed by atoms with E-state index < -0.39 is 0 Å². The molecule has 4 nitrogen and oxygen atoms in total. The molecule has 0 spiro atoms. The van der Waals surface area contributed by atoms with Crippen molar-refractivity contribution in [2.45, 2.75) is 47.5 Å². The van der Waals surface area contributed by atoms with Gasteiger partial charge in [0.05, 0.1) is 6.61 Å². The molecule has 0 saturated carbocycles. The summed E-state index contributed by atoms with van der Waals surface area (Å²) in [6.45, 7) is 10.7. The summed E-state index contributed by atoms with van der Waals surface area (Å²) in [5, 5.41) is 0. The minimum Gasteiger partial charge on any atom is -0.465 e. The standard InChI is InChI=1S/C14H27NO3/c1-7-18-13(17)10-15(6)12(16)8-11(2)9-14(3,4)5/h11H,7-10H2,1-6H3. The summed E-state index contributed by atoms with van der Waals surface area (Å²) in [5.41, 5.74) is 0.222. The fourth-order valence-corrected chi connectivity index (χ4v) is 2.06. The highest BCUT2D eigenvalue weighted by Crippen LogP contribution is 2.26. The van der Waals surface area contributed by atoms with E-state index in [4.69, 9.17) is 4.74 Å². The lowest BCUT2D eigenvalue weighted by Crippen LogP contribution is -2.34. The van der Waals surface area contributed by atoms with Crippen molar-refractivity contribution in [2.24, 2.45) is 11.3 Å². The first-order chi connectivity index (χ1) is 8.15. The summed E-state index contributed by atoms with van der Waals surface area (Å²) < 4.78 is 4.82. The molecule has 1 atom stereocenters. The molecule has 0 aromatic heterocycles. The first-order valence-electron chi connectivity index (χ1n) is 6.55. The predicted octanol–water partition coefficient (Wildman–Crippen LogP) is 2.47. The lowest BCUT2D eigenvalue weighted by molar-refractivity contribution is -0.148. The van der Waals surface area contributed by atoms with E-state index in [-0.39, 0.29) is 23.8 Å². The summed E-state index contributed by atoms with van der Waals surface area (Å²) in [5.74, 6) is -0.0289. The first-order valence-corrected chi connectivity index (χ1v) is 6.55. The molecular formula is C14H27NO3. The summed E-state index contributed by atoms with van der Waals surface area (Å²) in [7, 11) is 1.64. The van der Waals surface area contributed by atoms with Crippen molar-refractivity contribution < 1.29 is 14.3 Å². The topological polar surface area (TPSA) is 46.6 Å². The largest absolute Gasteiger partial charge is 0.465 e. The Morgan fingerprint density at radius 2 is 1.83 bits per heavy atom. The molecule has 0 fully saturated rings. The Labute approximate surface area is 111 Å². The number of amides is 1. The predicted molar refractivity (Wildman–Crippen MR) is 72.1 cm³/mol. The molecular weight excluding hydrogens is 230 g/mol. The second-order valence-corrected chi connectivity index (χ2v) is 6.13. The highest BCUT2D eigenvalue weighted by atomic mass is 16.5. The number of likely N-dealkylation sites (N-methyl/N-ethyl adjacent to an activating group) is 1. The fraction of sp³-hybridized carbons (Fsp3) is 0.857. The lowest BCUT2D eigenvalue weighted by atomic mass is 9.84. The SMILES string of the molecule is CCOC(=O)CN(C)C(=O)CC(C)CC(C)(C)C. The van der Waals surface area contributed by atoms with Crippen molar-refractivity contribution in [1.29, 1.82) is 0 Å². The van der Waals surface area contributed by atoms with Crippen molar-refractivity contribution in [3.8, 4) is 0 Å². The van der Waals surface area contributed by atoms with Gasteiger partial charge in [0.1, 0.15) is 6.54 Å². The Morgan fingerprint density at radius 1 is 1.28 bits per heavy atom. The van der Waals surface area contributed by atoms with E-state index in [1.807, 2.05) is 0 Å². The fourth-order valence-electron chi connectivity index (χ4n) is 2.06. The quantitative estimate of drug-likeness (QED) is 0.687. The van der Waals surface area contributed by atoms with Gasteiger partial charge in [0.2, 0.25) is 5.91 Å². The van der Waals surface area contributed by atoms with Crippen LogP contribution in [0.3, 0.4) is 0 Å². The number of carbonyl (C=O) groups excluding carboxylic acids is 2. The van der Waals surface area contributed by atoms with Crippen molar-refractivity contribution in [1.82, 2.24) is 4.90 Å². The molecule has 0 bridgehead atoms. The zero-order valence-electron chi connectivity index (χ0n) is 12.6. The highest BCUT2D eigenvalue weighted by Gasteiger charge is 2.20. The molecule has 0 aromatic carbocycles. The molecule has 0 aliphatic heterocycles. The van der Waals surface area contributed by atoms with Gasteiger partial charge in [-0.1, -0.05) is 27.7 Å². The van der Waals surface area contributed by atoms with Crippen molar-refractivity contribution in [3.63, 3.8) is 0 Å². The van der Waals surface area contributed by atoms with E-state index in [0.29, 0.717) is 18.9 Å². The van der Waals surface area contributed by atoms with Gasteiger partial charge in [0, 0.05) is 13.5 Å². The number of nitrogens with zero attached hydrogens (tertiary/aromatic N) is 1. The third kappa shape index (κ3) is 8.09. The maximum atomic E-state index is 11.9. The Hall–Kier alpha value is -1.06. The van der Waals surface area contributed by atoms with Gasteiger partial charge in [0.15, 0.2) is 0 Å². The minimum absolute atomic E-state index is 0.000182. The Bertz CT molecular complexity index is 281. The monoisotopic (exact) mass is 257 g/mol. The van der Waals surface area contributed by atoms with Crippen LogP contribution in [0.2, 0.25) is 0 Å². The smallest absolute Gasteiger partial charge is 0.325 e. The van der Waals surface area contributed by atoms with Crippen LogP contribution in [0.4, 0.5) is 0 Å². The third-order valence-corrected chi connectivity index (χ3v) is 2.58. The van der Waals surface area contributed by atoms with Crippen LogP contribution >= 0.6 is 0 Å². The molecule has 0 N–H and O–H groups in total. The molecule has 1 amide bonds. The van der Waals surface area contributed by atoms with E-state index >= 15 is 0 Å². The number of ether oxygens (including phenoxy) is 1. The van der Waals surface area contributed by atoms with Gasteiger partial charge in [-0.2, -0.15) is 0 Å². The van der Waals surface area contributed by atoms with E-state index in [1.54, 1.807) is 14.0 Å². The number of hydrogen-bond donors (Lipinski definition) is 0. The van der Waals surface area contributed by atoms with Gasteiger partial charge in [-0.05, 0) is 24.7 Å². The normalized spacial score (nSPS) is 13.0. The Balaban J connectivity index is 4.12. The summed E-state index contributed by atoms with van der Waals surface area (Å²) in [4.78, 5) is 24.6. The van der Waals surface area contributed by atoms with E-state index in [0.717, 1.165) is 6.42 Å². The molecule has 0 aromatic rings. The minimum atomic E-state index is -0.350. The van der Waals surface area contributed by atoms with E-state index in [2.05, 4.69) is 27.7 Å². The second kappa shape index (κ2) is 7.39. The first kappa shape index (κ1) is 16.9. The molecule has 0 aliphatic carbocycles. The molecule has 0 rings (SSSR count). The van der Waals surface area contributed by atoms with Gasteiger partial charge in [-0.3, -0.25) is 9.59 Å². The molecule has 18 heavy (non-hydrogen) atoms. The van der Waals surface area contributed by atoms with Gasteiger partial charge in [-0.25, -0.2) is 0 Å².